The number of non-ortho nitro benzene ring substituents is 1. The fraction of sp³-hybridized carbons (Fsp3) is 0.375. The Kier molecular flexibility index (Phi) is 4.30. The normalized spacial score (nSPS) is 15.1. The standard InChI is InChI=1S/C16H18N4O4/c1-18(10-15(21)11-5-6-11)16(22)14-7-8-19(17-14)12-3-2-4-13(9-12)20(23)24/h2-4,7-9,11,15,21H,5-6,10H2,1H3. The number of hydrogen-bond donors (Lipinski definition) is 1. The van der Waals surface area contributed by atoms with Crippen molar-refractivity contribution in [1.29, 1.82) is 0 Å². The van der Waals surface area contributed by atoms with Gasteiger partial charge in [-0.2, -0.15) is 5.10 Å². The van der Waals surface area contributed by atoms with Crippen LogP contribution in [-0.4, -0.2) is 50.3 Å². The van der Waals surface area contributed by atoms with Crippen LogP contribution in [0.3, 0.4) is 0 Å². The summed E-state index contributed by atoms with van der Waals surface area (Å²) < 4.78 is 1.42. The summed E-state index contributed by atoms with van der Waals surface area (Å²) in [6.45, 7) is 0.271. The molecular weight excluding hydrogens is 312 g/mol. The largest absolute Gasteiger partial charge is 0.391 e. The first kappa shape index (κ1) is 16.1. The van der Waals surface area contributed by atoms with Crippen molar-refractivity contribution in [2.75, 3.05) is 13.6 Å². The van der Waals surface area contributed by atoms with Gasteiger partial charge < -0.3 is 10.0 Å². The highest BCUT2D eigenvalue weighted by atomic mass is 16.6. The number of hydrogen-bond acceptors (Lipinski definition) is 5. The van der Waals surface area contributed by atoms with Crippen LogP contribution < -0.4 is 0 Å². The molecule has 1 N–H and O–H groups in total. The van der Waals surface area contributed by atoms with Gasteiger partial charge in [-0.15, -0.1) is 0 Å². The van der Waals surface area contributed by atoms with E-state index in [0.717, 1.165) is 12.8 Å². The van der Waals surface area contributed by atoms with Crippen LogP contribution in [0.4, 0.5) is 5.69 Å². The second-order valence-electron chi connectivity index (χ2n) is 6.01. The van der Waals surface area contributed by atoms with E-state index in [-0.39, 0.29) is 23.8 Å². The molecule has 1 aromatic carbocycles. The topological polar surface area (TPSA) is 102 Å². The second-order valence-corrected chi connectivity index (χ2v) is 6.01. The zero-order valence-electron chi connectivity index (χ0n) is 13.2. The molecule has 1 unspecified atom stereocenters. The SMILES string of the molecule is CN(CC(O)C1CC1)C(=O)c1ccn(-c2cccc([N+](=O)[O-])c2)n1. The molecule has 1 aliphatic rings. The molecule has 0 spiro atoms. The highest BCUT2D eigenvalue weighted by molar-refractivity contribution is 5.92. The molecule has 8 heteroatoms. The molecule has 1 amide bonds. The number of carbonyl (C=O) groups is 1. The Bertz CT molecular complexity index is 769. The van der Waals surface area contributed by atoms with Crippen LogP contribution >= 0.6 is 0 Å². The van der Waals surface area contributed by atoms with Crippen molar-refractivity contribution < 1.29 is 14.8 Å². The van der Waals surface area contributed by atoms with Crippen LogP contribution in [0.25, 0.3) is 5.69 Å². The highest BCUT2D eigenvalue weighted by Gasteiger charge is 2.31. The third-order valence-corrected chi connectivity index (χ3v) is 4.09. The third kappa shape index (κ3) is 3.43. The fourth-order valence-electron chi connectivity index (χ4n) is 2.52. The van der Waals surface area contributed by atoms with Crippen LogP contribution in [0, 0.1) is 16.0 Å². The molecular formula is C16H18N4O4. The molecule has 1 aliphatic carbocycles. The van der Waals surface area contributed by atoms with Crippen molar-refractivity contribution in [2.45, 2.75) is 18.9 Å². The Morgan fingerprint density at radius 1 is 1.50 bits per heavy atom. The van der Waals surface area contributed by atoms with E-state index in [1.54, 1.807) is 31.4 Å². The summed E-state index contributed by atoms with van der Waals surface area (Å²) >= 11 is 0. The summed E-state index contributed by atoms with van der Waals surface area (Å²) in [6.07, 6.45) is 3.09. The van der Waals surface area contributed by atoms with E-state index in [0.29, 0.717) is 11.6 Å². The number of nitro benzene ring substituents is 1. The van der Waals surface area contributed by atoms with Gasteiger partial charge in [-0.1, -0.05) is 6.07 Å². The zero-order valence-corrected chi connectivity index (χ0v) is 13.2. The molecule has 1 saturated carbocycles. The zero-order chi connectivity index (χ0) is 17.3. The lowest BCUT2D eigenvalue weighted by Gasteiger charge is -2.19. The summed E-state index contributed by atoms with van der Waals surface area (Å²) in [4.78, 5) is 24.2. The number of nitro groups is 1. The van der Waals surface area contributed by atoms with Crippen LogP contribution in [0.15, 0.2) is 36.5 Å². The number of likely N-dealkylation sites (N-methyl/N-ethyl adjacent to an activating group) is 1. The molecule has 2 aromatic rings. The minimum atomic E-state index is -0.502. The van der Waals surface area contributed by atoms with Crippen molar-refractivity contribution in [2.24, 2.45) is 5.92 Å². The van der Waals surface area contributed by atoms with E-state index in [4.69, 9.17) is 0 Å². The molecule has 8 nitrogen and oxygen atoms in total. The average molecular weight is 330 g/mol. The smallest absolute Gasteiger partial charge is 0.274 e. The van der Waals surface area contributed by atoms with E-state index in [1.165, 1.54) is 21.7 Å². The number of amides is 1. The molecule has 0 radical (unpaired) electrons. The Labute approximate surface area is 138 Å². The van der Waals surface area contributed by atoms with Crippen molar-refractivity contribution >= 4 is 11.6 Å². The monoisotopic (exact) mass is 330 g/mol. The van der Waals surface area contributed by atoms with Crippen molar-refractivity contribution in [3.05, 3.63) is 52.3 Å². The predicted octanol–water partition coefficient (Wildman–Crippen LogP) is 1.62. The summed E-state index contributed by atoms with van der Waals surface area (Å²) in [7, 11) is 1.63. The molecule has 0 aliphatic heterocycles. The van der Waals surface area contributed by atoms with E-state index in [1.807, 2.05) is 0 Å². The fourth-order valence-corrected chi connectivity index (χ4v) is 2.52. The van der Waals surface area contributed by atoms with Gasteiger partial charge >= 0.3 is 0 Å². The molecule has 0 saturated heterocycles. The molecule has 1 atom stereocenters. The number of nitrogens with zero attached hydrogens (tertiary/aromatic N) is 4. The Morgan fingerprint density at radius 2 is 2.25 bits per heavy atom. The molecule has 1 heterocycles. The quantitative estimate of drug-likeness (QED) is 0.640. The lowest BCUT2D eigenvalue weighted by molar-refractivity contribution is -0.384. The van der Waals surface area contributed by atoms with Crippen molar-refractivity contribution in [3.8, 4) is 5.69 Å². The van der Waals surface area contributed by atoms with Gasteiger partial charge in [0.2, 0.25) is 0 Å². The lowest BCUT2D eigenvalue weighted by atomic mass is 10.2. The summed E-state index contributed by atoms with van der Waals surface area (Å²) in [5.74, 6) is 0.00144. The Balaban J connectivity index is 1.73. The van der Waals surface area contributed by atoms with Crippen LogP contribution in [0.2, 0.25) is 0 Å². The predicted molar refractivity (Wildman–Crippen MR) is 85.9 cm³/mol. The van der Waals surface area contributed by atoms with Crippen LogP contribution in [0.1, 0.15) is 23.3 Å². The molecule has 1 fully saturated rings. The summed E-state index contributed by atoms with van der Waals surface area (Å²) in [5, 5.41) is 25.0. The summed E-state index contributed by atoms with van der Waals surface area (Å²) in [6, 6.07) is 7.58. The van der Waals surface area contributed by atoms with Gasteiger partial charge in [0.25, 0.3) is 11.6 Å². The van der Waals surface area contributed by atoms with Gasteiger partial charge in [-0.25, -0.2) is 4.68 Å². The van der Waals surface area contributed by atoms with Gasteiger partial charge in [0, 0.05) is 31.9 Å². The minimum Gasteiger partial charge on any atom is -0.391 e. The average Bonchev–Trinajstić information content (AvgIpc) is 3.31. The molecule has 126 valence electrons. The highest BCUT2D eigenvalue weighted by Crippen LogP contribution is 2.32. The maximum absolute atomic E-state index is 12.4. The maximum Gasteiger partial charge on any atom is 0.274 e. The number of aliphatic hydroxyl groups excluding tert-OH is 1. The number of rotatable bonds is 6. The minimum absolute atomic E-state index is 0.0412. The van der Waals surface area contributed by atoms with Crippen molar-refractivity contribution in [3.63, 3.8) is 0 Å². The Hall–Kier alpha value is -2.74. The van der Waals surface area contributed by atoms with Crippen molar-refractivity contribution in [1.82, 2.24) is 14.7 Å². The van der Waals surface area contributed by atoms with E-state index in [2.05, 4.69) is 5.10 Å². The number of aromatic nitrogens is 2. The van der Waals surface area contributed by atoms with E-state index >= 15 is 0 Å². The van der Waals surface area contributed by atoms with Crippen LogP contribution in [-0.2, 0) is 0 Å². The lowest BCUT2D eigenvalue weighted by Crippen LogP contribution is -2.35. The molecule has 24 heavy (non-hydrogen) atoms. The molecule has 0 bridgehead atoms. The first-order chi connectivity index (χ1) is 11.5. The first-order valence-electron chi connectivity index (χ1n) is 7.69. The van der Waals surface area contributed by atoms with Gasteiger partial charge in [0.1, 0.15) is 0 Å². The molecule has 1 aromatic heterocycles. The molecule has 3 rings (SSSR count). The van der Waals surface area contributed by atoms with Gasteiger partial charge in [0.05, 0.1) is 16.7 Å². The van der Waals surface area contributed by atoms with Crippen LogP contribution in [0.5, 0.6) is 0 Å². The van der Waals surface area contributed by atoms with E-state index < -0.39 is 11.0 Å². The van der Waals surface area contributed by atoms with Gasteiger partial charge in [-0.05, 0) is 30.9 Å². The first-order valence-corrected chi connectivity index (χ1v) is 7.69. The second kappa shape index (κ2) is 6.40. The third-order valence-electron chi connectivity index (χ3n) is 4.09. The Morgan fingerprint density at radius 3 is 2.92 bits per heavy atom. The number of carbonyl (C=O) groups excluding carboxylic acids is 1. The van der Waals surface area contributed by atoms with Gasteiger partial charge in [-0.3, -0.25) is 14.9 Å². The van der Waals surface area contributed by atoms with E-state index in [9.17, 15) is 20.0 Å². The number of aliphatic hydroxyl groups is 1. The number of benzene rings is 1. The maximum atomic E-state index is 12.4. The van der Waals surface area contributed by atoms with Gasteiger partial charge in [0.15, 0.2) is 5.69 Å². The summed E-state index contributed by atoms with van der Waals surface area (Å²) in [5.41, 5.74) is 0.691.